The second kappa shape index (κ2) is 6.95. The molecule has 0 aromatic heterocycles. The Kier molecular flexibility index (Phi) is 4.76. The van der Waals surface area contributed by atoms with E-state index in [0.29, 0.717) is 6.61 Å². The number of methoxy groups -OCH3 is 2. The fourth-order valence-corrected chi connectivity index (χ4v) is 3.06. The van der Waals surface area contributed by atoms with Crippen molar-refractivity contribution in [2.45, 2.75) is 31.7 Å². The maximum absolute atomic E-state index is 6.06. The lowest BCUT2D eigenvalue weighted by atomic mass is 9.87. The minimum atomic E-state index is 0.0824. The van der Waals surface area contributed by atoms with Gasteiger partial charge in [-0.3, -0.25) is 0 Å². The molecule has 0 aliphatic heterocycles. The van der Waals surface area contributed by atoms with Gasteiger partial charge >= 0.3 is 0 Å². The molecule has 2 atom stereocenters. The molecule has 1 aliphatic rings. The van der Waals surface area contributed by atoms with Crippen molar-refractivity contribution < 1.29 is 14.2 Å². The van der Waals surface area contributed by atoms with E-state index >= 15 is 0 Å². The fourth-order valence-electron chi connectivity index (χ4n) is 3.06. The van der Waals surface area contributed by atoms with Gasteiger partial charge < -0.3 is 14.2 Å². The fraction of sp³-hybridized carbons (Fsp3) is 0.368. The number of ether oxygens (including phenoxy) is 3. The molecule has 116 valence electrons. The molecule has 2 aromatic rings. The summed E-state index contributed by atoms with van der Waals surface area (Å²) in [5.41, 5.74) is 3.72. The van der Waals surface area contributed by atoms with Gasteiger partial charge in [-0.05, 0) is 17.2 Å². The molecule has 0 spiro atoms. The first-order chi connectivity index (χ1) is 10.8. The van der Waals surface area contributed by atoms with E-state index in [1.54, 1.807) is 14.2 Å². The second-order valence-electron chi connectivity index (χ2n) is 5.62. The number of hydrogen-bond donors (Lipinski definition) is 0. The third-order valence-electron chi connectivity index (χ3n) is 4.31. The van der Waals surface area contributed by atoms with Crippen LogP contribution in [0.3, 0.4) is 0 Å². The Labute approximate surface area is 131 Å². The van der Waals surface area contributed by atoms with Crippen molar-refractivity contribution in [3.63, 3.8) is 0 Å². The summed E-state index contributed by atoms with van der Waals surface area (Å²) in [5, 5.41) is 0. The largest absolute Gasteiger partial charge is 0.489 e. The van der Waals surface area contributed by atoms with Crippen LogP contribution in [-0.2, 0) is 28.9 Å². The van der Waals surface area contributed by atoms with Crippen molar-refractivity contribution >= 4 is 0 Å². The van der Waals surface area contributed by atoms with Crippen LogP contribution >= 0.6 is 0 Å². The minimum absolute atomic E-state index is 0.0824. The molecule has 0 bridgehead atoms. The molecule has 0 heterocycles. The van der Waals surface area contributed by atoms with Crippen LogP contribution in [0.2, 0.25) is 0 Å². The number of hydrogen-bond acceptors (Lipinski definition) is 3. The third kappa shape index (κ3) is 3.16. The van der Waals surface area contributed by atoms with E-state index in [1.165, 1.54) is 16.7 Å². The maximum Gasteiger partial charge on any atom is 0.123 e. The number of benzene rings is 2. The summed E-state index contributed by atoms with van der Waals surface area (Å²) in [6.45, 7) is 0.586. The molecular weight excluding hydrogens is 276 g/mol. The van der Waals surface area contributed by atoms with Gasteiger partial charge in [-0.2, -0.15) is 0 Å². The summed E-state index contributed by atoms with van der Waals surface area (Å²) < 4.78 is 17.2. The van der Waals surface area contributed by atoms with E-state index in [-0.39, 0.29) is 12.2 Å². The average Bonchev–Trinajstić information content (AvgIpc) is 2.59. The minimum Gasteiger partial charge on any atom is -0.489 e. The molecule has 0 saturated heterocycles. The summed E-state index contributed by atoms with van der Waals surface area (Å²) in [6, 6.07) is 16.5. The highest BCUT2D eigenvalue weighted by molar-refractivity contribution is 5.43. The van der Waals surface area contributed by atoms with E-state index < -0.39 is 0 Å². The van der Waals surface area contributed by atoms with Crippen LogP contribution in [0.15, 0.2) is 48.5 Å². The van der Waals surface area contributed by atoms with Crippen molar-refractivity contribution in [1.82, 2.24) is 0 Å². The number of fused-ring (bicyclic) bond motifs is 1. The van der Waals surface area contributed by atoms with Crippen LogP contribution in [-0.4, -0.2) is 26.4 Å². The summed E-state index contributed by atoms with van der Waals surface area (Å²) in [4.78, 5) is 0. The van der Waals surface area contributed by atoms with Gasteiger partial charge in [0.05, 0.1) is 12.2 Å². The van der Waals surface area contributed by atoms with E-state index in [0.717, 1.165) is 18.6 Å². The molecular formula is C19H22O3. The van der Waals surface area contributed by atoms with Crippen LogP contribution < -0.4 is 4.74 Å². The molecule has 0 fully saturated rings. The van der Waals surface area contributed by atoms with Gasteiger partial charge in [0.15, 0.2) is 0 Å². The molecule has 22 heavy (non-hydrogen) atoms. The molecule has 0 amide bonds. The Morgan fingerprint density at radius 3 is 2.32 bits per heavy atom. The smallest absolute Gasteiger partial charge is 0.123 e. The van der Waals surface area contributed by atoms with Crippen LogP contribution in [0, 0.1) is 0 Å². The Balaban J connectivity index is 1.79. The van der Waals surface area contributed by atoms with Crippen LogP contribution in [0.4, 0.5) is 0 Å². The van der Waals surface area contributed by atoms with Gasteiger partial charge in [0, 0.05) is 32.6 Å². The summed E-state index contributed by atoms with van der Waals surface area (Å²) in [6.07, 6.45) is 1.89. The second-order valence-corrected chi connectivity index (χ2v) is 5.62. The Morgan fingerprint density at radius 1 is 0.864 bits per heavy atom. The maximum atomic E-state index is 6.06. The molecule has 0 radical (unpaired) electrons. The molecule has 3 rings (SSSR count). The van der Waals surface area contributed by atoms with E-state index in [2.05, 4.69) is 24.3 Å². The summed E-state index contributed by atoms with van der Waals surface area (Å²) in [7, 11) is 3.49. The predicted molar refractivity (Wildman–Crippen MR) is 86.2 cm³/mol. The van der Waals surface area contributed by atoms with Gasteiger partial charge in [-0.15, -0.1) is 0 Å². The molecule has 3 heteroatoms. The highest BCUT2D eigenvalue weighted by atomic mass is 16.5. The standard InChI is InChI=1S/C19H22O3/c1-20-18-11-15-9-6-10-17(16(15)12-19(18)21-2)22-13-14-7-4-3-5-8-14/h3-10,18-19H,11-13H2,1-2H3/t18-,19+/m0/s1. The summed E-state index contributed by atoms with van der Waals surface area (Å²) >= 11 is 0. The first-order valence-electron chi connectivity index (χ1n) is 7.65. The first-order valence-corrected chi connectivity index (χ1v) is 7.65. The summed E-state index contributed by atoms with van der Waals surface area (Å²) in [5.74, 6) is 0.956. The monoisotopic (exact) mass is 298 g/mol. The van der Waals surface area contributed by atoms with Crippen molar-refractivity contribution in [2.75, 3.05) is 14.2 Å². The zero-order valence-corrected chi connectivity index (χ0v) is 13.1. The van der Waals surface area contributed by atoms with Gasteiger partial charge in [-0.25, -0.2) is 0 Å². The van der Waals surface area contributed by atoms with Gasteiger partial charge in [-0.1, -0.05) is 42.5 Å². The van der Waals surface area contributed by atoms with Gasteiger partial charge in [0.25, 0.3) is 0 Å². The number of rotatable bonds is 5. The third-order valence-corrected chi connectivity index (χ3v) is 4.31. The lowest BCUT2D eigenvalue weighted by Gasteiger charge is -2.32. The highest BCUT2D eigenvalue weighted by Gasteiger charge is 2.30. The van der Waals surface area contributed by atoms with E-state index in [1.807, 2.05) is 24.3 Å². The van der Waals surface area contributed by atoms with E-state index in [9.17, 15) is 0 Å². The predicted octanol–water partition coefficient (Wildman–Crippen LogP) is 3.39. The Hall–Kier alpha value is -1.84. The van der Waals surface area contributed by atoms with Crippen molar-refractivity contribution in [1.29, 1.82) is 0 Å². The van der Waals surface area contributed by atoms with Crippen LogP contribution in [0.5, 0.6) is 5.75 Å². The highest BCUT2D eigenvalue weighted by Crippen LogP contribution is 2.32. The lowest BCUT2D eigenvalue weighted by Crippen LogP contribution is -2.37. The first kappa shape index (κ1) is 15.1. The van der Waals surface area contributed by atoms with Gasteiger partial charge in [0.1, 0.15) is 12.4 Å². The molecule has 0 N–H and O–H groups in total. The topological polar surface area (TPSA) is 27.7 Å². The van der Waals surface area contributed by atoms with Gasteiger partial charge in [0.2, 0.25) is 0 Å². The SMILES string of the molecule is CO[C@H]1Cc2cccc(OCc3ccccc3)c2C[C@H]1OC. The molecule has 1 aliphatic carbocycles. The van der Waals surface area contributed by atoms with Crippen molar-refractivity contribution in [3.05, 3.63) is 65.2 Å². The quantitative estimate of drug-likeness (QED) is 0.847. The zero-order valence-electron chi connectivity index (χ0n) is 13.1. The van der Waals surface area contributed by atoms with Crippen molar-refractivity contribution in [3.8, 4) is 5.75 Å². The van der Waals surface area contributed by atoms with Crippen LogP contribution in [0.25, 0.3) is 0 Å². The van der Waals surface area contributed by atoms with E-state index in [4.69, 9.17) is 14.2 Å². The molecule has 0 unspecified atom stereocenters. The molecule has 3 nitrogen and oxygen atoms in total. The lowest BCUT2D eigenvalue weighted by molar-refractivity contribution is -0.0402. The average molecular weight is 298 g/mol. The molecule has 0 saturated carbocycles. The zero-order chi connectivity index (χ0) is 15.4. The Morgan fingerprint density at radius 2 is 1.59 bits per heavy atom. The van der Waals surface area contributed by atoms with Crippen molar-refractivity contribution in [2.24, 2.45) is 0 Å². The normalized spacial score (nSPS) is 20.5. The molecule has 2 aromatic carbocycles. The Bertz CT molecular complexity index is 609. The van der Waals surface area contributed by atoms with Crippen LogP contribution in [0.1, 0.15) is 16.7 Å².